The number of carbonyl (C=O) groups is 1. The van der Waals surface area contributed by atoms with E-state index < -0.39 is 0 Å². The zero-order chi connectivity index (χ0) is 16.9. The van der Waals surface area contributed by atoms with Gasteiger partial charge in [0.15, 0.2) is 0 Å². The molecule has 0 saturated carbocycles. The van der Waals surface area contributed by atoms with Gasteiger partial charge in [-0.25, -0.2) is 4.98 Å². The Morgan fingerprint density at radius 2 is 1.96 bits per heavy atom. The zero-order valence-corrected chi connectivity index (χ0v) is 17.0. The molecule has 2 heterocycles. The van der Waals surface area contributed by atoms with Gasteiger partial charge in [-0.1, -0.05) is 12.1 Å². The topological polar surface area (TPSA) is 80.5 Å². The van der Waals surface area contributed by atoms with Gasteiger partial charge in [-0.2, -0.15) is 0 Å². The summed E-state index contributed by atoms with van der Waals surface area (Å²) in [6, 6.07) is 8.31. The molecule has 9 heteroatoms. The summed E-state index contributed by atoms with van der Waals surface area (Å²) < 4.78 is 5.40. The lowest BCUT2D eigenvalue weighted by Crippen LogP contribution is -2.37. The molecule has 0 spiro atoms. The fourth-order valence-electron chi connectivity index (χ4n) is 2.72. The van der Waals surface area contributed by atoms with Gasteiger partial charge < -0.3 is 15.8 Å². The molecule has 2 aromatic rings. The molecule has 1 aliphatic rings. The van der Waals surface area contributed by atoms with E-state index in [-0.39, 0.29) is 30.7 Å². The van der Waals surface area contributed by atoms with E-state index in [0.717, 1.165) is 37.0 Å². The maximum absolute atomic E-state index is 12.2. The maximum atomic E-state index is 12.2. The molecule has 0 bridgehead atoms. The van der Waals surface area contributed by atoms with Crippen molar-refractivity contribution in [1.29, 1.82) is 0 Å². The van der Waals surface area contributed by atoms with Crippen molar-refractivity contribution in [3.05, 3.63) is 45.9 Å². The highest BCUT2D eigenvalue weighted by Gasteiger charge is 2.18. The summed E-state index contributed by atoms with van der Waals surface area (Å²) in [5.41, 5.74) is 7.93. The molecule has 6 nitrogen and oxygen atoms in total. The fourth-order valence-corrected chi connectivity index (χ4v) is 3.38. The van der Waals surface area contributed by atoms with Gasteiger partial charge in [-0.3, -0.25) is 9.69 Å². The van der Waals surface area contributed by atoms with Crippen LogP contribution < -0.4 is 11.1 Å². The van der Waals surface area contributed by atoms with Crippen molar-refractivity contribution in [3.8, 4) is 0 Å². The number of hydrogen-bond donors (Lipinski definition) is 2. The van der Waals surface area contributed by atoms with Gasteiger partial charge in [-0.15, -0.1) is 36.2 Å². The Morgan fingerprint density at radius 3 is 2.54 bits per heavy atom. The smallest absolute Gasteiger partial charge is 0.275 e. The molecular formula is C17H24Cl2N4O2S. The Balaban J connectivity index is 0.00000169. The lowest BCUT2D eigenvalue weighted by atomic mass is 10.1. The Bertz CT molecular complexity index is 690. The molecule has 1 unspecified atom stereocenters. The number of nitrogens with one attached hydrogen (secondary N) is 1. The quantitative estimate of drug-likeness (QED) is 0.779. The van der Waals surface area contributed by atoms with Crippen LogP contribution in [0.4, 0.5) is 5.69 Å². The van der Waals surface area contributed by atoms with Gasteiger partial charge in [-0.05, 0) is 24.6 Å². The lowest BCUT2D eigenvalue weighted by Gasteiger charge is -2.32. The first kappa shape index (κ1) is 22.8. The molecule has 3 rings (SSSR count). The van der Waals surface area contributed by atoms with E-state index in [0.29, 0.717) is 18.3 Å². The standard InChI is InChI=1S/C17H22N4O2S.2ClH/c1-12(21-6-8-23-9-7-21)13-2-4-14(5-3-13)19-17(22)15-11-24-16(10-18)20-15;;/h2-5,11-12H,6-10,18H2,1H3,(H,19,22);2*1H. The minimum Gasteiger partial charge on any atom is -0.379 e. The molecule has 1 fully saturated rings. The Kier molecular flexibility index (Phi) is 9.49. The number of anilines is 1. The first-order valence-corrected chi connectivity index (χ1v) is 8.93. The van der Waals surface area contributed by atoms with E-state index in [1.54, 1.807) is 5.38 Å². The van der Waals surface area contributed by atoms with Crippen molar-refractivity contribution in [2.24, 2.45) is 5.73 Å². The number of rotatable bonds is 5. The number of ether oxygens (including phenoxy) is 1. The van der Waals surface area contributed by atoms with Crippen LogP contribution in [0.5, 0.6) is 0 Å². The molecule has 1 aliphatic heterocycles. The number of aromatic nitrogens is 1. The molecule has 1 amide bonds. The summed E-state index contributed by atoms with van der Waals surface area (Å²) in [6.07, 6.45) is 0. The SMILES string of the molecule is CC(c1ccc(NC(=O)c2csc(CN)n2)cc1)N1CCOCC1.Cl.Cl. The number of amides is 1. The second kappa shape index (κ2) is 10.8. The molecule has 0 radical (unpaired) electrons. The second-order valence-electron chi connectivity index (χ2n) is 5.73. The molecule has 26 heavy (non-hydrogen) atoms. The third-order valence-electron chi connectivity index (χ3n) is 4.20. The van der Waals surface area contributed by atoms with Crippen LogP contribution in [-0.2, 0) is 11.3 Å². The third kappa shape index (κ3) is 5.64. The van der Waals surface area contributed by atoms with Crippen molar-refractivity contribution < 1.29 is 9.53 Å². The summed E-state index contributed by atoms with van der Waals surface area (Å²) in [7, 11) is 0. The van der Waals surface area contributed by atoms with Crippen LogP contribution in [0.1, 0.15) is 34.0 Å². The minimum absolute atomic E-state index is 0. The molecule has 1 saturated heterocycles. The normalized spacial score (nSPS) is 15.5. The summed E-state index contributed by atoms with van der Waals surface area (Å²) >= 11 is 1.40. The van der Waals surface area contributed by atoms with Gasteiger partial charge in [0.2, 0.25) is 0 Å². The second-order valence-corrected chi connectivity index (χ2v) is 6.67. The van der Waals surface area contributed by atoms with E-state index in [2.05, 4.69) is 34.3 Å². The summed E-state index contributed by atoms with van der Waals surface area (Å²) in [5.74, 6) is -0.208. The highest BCUT2D eigenvalue weighted by atomic mass is 35.5. The Labute approximate surface area is 169 Å². The van der Waals surface area contributed by atoms with E-state index in [1.807, 2.05) is 12.1 Å². The molecule has 0 aliphatic carbocycles. The number of morpholine rings is 1. The number of thiazole rings is 1. The van der Waals surface area contributed by atoms with Gasteiger partial charge in [0.05, 0.1) is 13.2 Å². The van der Waals surface area contributed by atoms with Gasteiger partial charge in [0.1, 0.15) is 10.7 Å². The van der Waals surface area contributed by atoms with Crippen molar-refractivity contribution in [3.63, 3.8) is 0 Å². The van der Waals surface area contributed by atoms with Gasteiger partial charge in [0, 0.05) is 36.7 Å². The average Bonchev–Trinajstić information content (AvgIpc) is 3.12. The fraction of sp³-hybridized carbons (Fsp3) is 0.412. The highest BCUT2D eigenvalue weighted by molar-refractivity contribution is 7.09. The van der Waals surface area contributed by atoms with Crippen molar-refractivity contribution in [2.45, 2.75) is 19.5 Å². The van der Waals surface area contributed by atoms with Crippen LogP contribution >= 0.6 is 36.2 Å². The largest absolute Gasteiger partial charge is 0.379 e. The first-order chi connectivity index (χ1) is 11.7. The molecule has 1 atom stereocenters. The van der Waals surface area contributed by atoms with Crippen molar-refractivity contribution in [2.75, 3.05) is 31.6 Å². The van der Waals surface area contributed by atoms with Crippen LogP contribution in [0.15, 0.2) is 29.6 Å². The number of nitrogens with two attached hydrogens (primary N) is 1. The van der Waals surface area contributed by atoms with E-state index in [1.165, 1.54) is 16.9 Å². The van der Waals surface area contributed by atoms with E-state index >= 15 is 0 Å². The van der Waals surface area contributed by atoms with Crippen LogP contribution in [-0.4, -0.2) is 42.1 Å². The number of halogens is 2. The van der Waals surface area contributed by atoms with Gasteiger partial charge in [0.25, 0.3) is 5.91 Å². The summed E-state index contributed by atoms with van der Waals surface area (Å²) in [5, 5.41) is 5.36. The predicted molar refractivity (Wildman–Crippen MR) is 110 cm³/mol. The van der Waals surface area contributed by atoms with Crippen LogP contribution in [0.2, 0.25) is 0 Å². The van der Waals surface area contributed by atoms with Crippen LogP contribution in [0, 0.1) is 0 Å². The molecule has 1 aromatic carbocycles. The maximum Gasteiger partial charge on any atom is 0.275 e. The predicted octanol–water partition coefficient (Wildman–Crippen LogP) is 3.09. The molecule has 1 aromatic heterocycles. The Hall–Kier alpha value is -1.22. The van der Waals surface area contributed by atoms with Crippen molar-refractivity contribution >= 4 is 47.7 Å². The molecule has 3 N–H and O–H groups in total. The zero-order valence-electron chi connectivity index (χ0n) is 14.5. The van der Waals surface area contributed by atoms with E-state index in [9.17, 15) is 4.79 Å². The molecular weight excluding hydrogens is 395 g/mol. The monoisotopic (exact) mass is 418 g/mol. The average molecular weight is 419 g/mol. The van der Waals surface area contributed by atoms with Gasteiger partial charge >= 0.3 is 0 Å². The Morgan fingerprint density at radius 1 is 1.31 bits per heavy atom. The summed E-state index contributed by atoms with van der Waals surface area (Å²) in [6.45, 7) is 6.03. The third-order valence-corrected chi connectivity index (χ3v) is 5.07. The highest BCUT2D eigenvalue weighted by Crippen LogP contribution is 2.23. The van der Waals surface area contributed by atoms with Crippen LogP contribution in [0.3, 0.4) is 0 Å². The number of hydrogen-bond acceptors (Lipinski definition) is 6. The minimum atomic E-state index is -0.208. The summed E-state index contributed by atoms with van der Waals surface area (Å²) in [4.78, 5) is 18.8. The number of carbonyl (C=O) groups excluding carboxylic acids is 1. The molecule has 144 valence electrons. The number of nitrogens with zero attached hydrogens (tertiary/aromatic N) is 2. The first-order valence-electron chi connectivity index (χ1n) is 8.05. The van der Waals surface area contributed by atoms with E-state index in [4.69, 9.17) is 10.5 Å². The van der Waals surface area contributed by atoms with Crippen molar-refractivity contribution in [1.82, 2.24) is 9.88 Å². The van der Waals surface area contributed by atoms with Crippen LogP contribution in [0.25, 0.3) is 0 Å². The lowest BCUT2D eigenvalue weighted by molar-refractivity contribution is 0.0198. The number of benzene rings is 1.